The average molecular weight is 361 g/mol. The molecule has 3 aromatic rings. The van der Waals surface area contributed by atoms with Crippen LogP contribution in [0.3, 0.4) is 0 Å². The van der Waals surface area contributed by atoms with E-state index in [0.717, 1.165) is 28.8 Å². The minimum Gasteiger partial charge on any atom is -0.490 e. The summed E-state index contributed by atoms with van der Waals surface area (Å²) in [7, 11) is 0. The molecule has 0 radical (unpaired) electrons. The SMILES string of the molecule is O=C(c1cc2sccc2[nH]1)N1CCC(Oc2ccc(Cl)cc2)CC1. The molecule has 1 aliphatic heterocycles. The molecule has 1 fully saturated rings. The molecule has 0 saturated carbocycles. The minimum absolute atomic E-state index is 0.0725. The summed E-state index contributed by atoms with van der Waals surface area (Å²) < 4.78 is 7.10. The second kappa shape index (κ2) is 6.49. The maximum Gasteiger partial charge on any atom is 0.270 e. The fraction of sp³-hybridized carbons (Fsp3) is 0.278. The number of halogens is 1. The molecule has 1 saturated heterocycles. The van der Waals surface area contributed by atoms with Crippen LogP contribution in [0.15, 0.2) is 41.8 Å². The second-order valence-electron chi connectivity index (χ2n) is 5.94. The van der Waals surface area contributed by atoms with Crippen molar-refractivity contribution in [1.82, 2.24) is 9.88 Å². The molecule has 1 N–H and O–H groups in total. The molecule has 1 amide bonds. The van der Waals surface area contributed by atoms with Gasteiger partial charge in [0.2, 0.25) is 0 Å². The molecule has 1 aromatic carbocycles. The van der Waals surface area contributed by atoms with Crippen LogP contribution in [0.2, 0.25) is 5.02 Å². The van der Waals surface area contributed by atoms with Crippen molar-refractivity contribution in [3.8, 4) is 5.75 Å². The van der Waals surface area contributed by atoms with Crippen molar-refractivity contribution < 1.29 is 9.53 Å². The quantitative estimate of drug-likeness (QED) is 0.743. The molecule has 2 aromatic heterocycles. The average Bonchev–Trinajstić information content (AvgIpc) is 3.19. The van der Waals surface area contributed by atoms with E-state index in [9.17, 15) is 4.79 Å². The van der Waals surface area contributed by atoms with Crippen molar-refractivity contribution in [2.75, 3.05) is 13.1 Å². The van der Waals surface area contributed by atoms with E-state index in [1.54, 1.807) is 11.3 Å². The number of hydrogen-bond acceptors (Lipinski definition) is 3. The summed E-state index contributed by atoms with van der Waals surface area (Å²) in [5, 5.41) is 2.73. The Morgan fingerprint density at radius 3 is 2.67 bits per heavy atom. The third-order valence-corrected chi connectivity index (χ3v) is 5.43. The van der Waals surface area contributed by atoms with Gasteiger partial charge in [-0.2, -0.15) is 0 Å². The summed E-state index contributed by atoms with van der Waals surface area (Å²) in [5.41, 5.74) is 1.71. The lowest BCUT2D eigenvalue weighted by Crippen LogP contribution is -2.41. The first-order valence-electron chi connectivity index (χ1n) is 7.97. The fourth-order valence-corrected chi connectivity index (χ4v) is 3.92. The normalized spacial score (nSPS) is 15.8. The number of hydrogen-bond donors (Lipinski definition) is 1. The maximum absolute atomic E-state index is 12.6. The van der Waals surface area contributed by atoms with Crippen LogP contribution in [0.25, 0.3) is 10.2 Å². The smallest absolute Gasteiger partial charge is 0.270 e. The molecule has 1 aliphatic rings. The molecule has 4 nitrogen and oxygen atoms in total. The highest BCUT2D eigenvalue weighted by atomic mass is 35.5. The number of amides is 1. The van der Waals surface area contributed by atoms with E-state index in [4.69, 9.17) is 16.3 Å². The Bertz CT molecular complexity index is 819. The molecule has 0 atom stereocenters. The van der Waals surface area contributed by atoms with E-state index in [1.165, 1.54) is 0 Å². The van der Waals surface area contributed by atoms with Crippen LogP contribution in [0.5, 0.6) is 5.75 Å². The Balaban J connectivity index is 1.36. The van der Waals surface area contributed by atoms with Gasteiger partial charge in [0.15, 0.2) is 0 Å². The topological polar surface area (TPSA) is 45.3 Å². The lowest BCUT2D eigenvalue weighted by Gasteiger charge is -2.32. The minimum atomic E-state index is 0.0725. The van der Waals surface area contributed by atoms with E-state index < -0.39 is 0 Å². The lowest BCUT2D eigenvalue weighted by molar-refractivity contribution is 0.0591. The zero-order chi connectivity index (χ0) is 16.5. The van der Waals surface area contributed by atoms with Crippen LogP contribution < -0.4 is 4.74 Å². The van der Waals surface area contributed by atoms with Crippen LogP contribution >= 0.6 is 22.9 Å². The highest BCUT2D eigenvalue weighted by molar-refractivity contribution is 7.17. The third kappa shape index (κ3) is 3.14. The Morgan fingerprint density at radius 1 is 1.21 bits per heavy atom. The second-order valence-corrected chi connectivity index (χ2v) is 7.33. The number of likely N-dealkylation sites (tertiary alicyclic amines) is 1. The Kier molecular flexibility index (Phi) is 4.21. The van der Waals surface area contributed by atoms with Crippen molar-refractivity contribution in [1.29, 1.82) is 0 Å². The first kappa shape index (κ1) is 15.5. The van der Waals surface area contributed by atoms with E-state index in [1.807, 2.05) is 46.7 Å². The summed E-state index contributed by atoms with van der Waals surface area (Å²) in [6, 6.07) is 11.4. The third-order valence-electron chi connectivity index (χ3n) is 4.32. The highest BCUT2D eigenvalue weighted by Gasteiger charge is 2.25. The number of thiophene rings is 1. The number of aromatic nitrogens is 1. The number of fused-ring (bicyclic) bond motifs is 1. The number of nitrogens with one attached hydrogen (secondary N) is 1. The Labute approximate surface area is 149 Å². The predicted molar refractivity (Wildman–Crippen MR) is 97.2 cm³/mol. The molecule has 0 aliphatic carbocycles. The molecular formula is C18H17ClN2O2S. The van der Waals surface area contributed by atoms with Crippen molar-refractivity contribution >= 4 is 39.1 Å². The largest absolute Gasteiger partial charge is 0.490 e. The van der Waals surface area contributed by atoms with Crippen LogP contribution in [0.4, 0.5) is 0 Å². The monoisotopic (exact) mass is 360 g/mol. The van der Waals surface area contributed by atoms with Crippen molar-refractivity contribution in [3.05, 3.63) is 52.5 Å². The summed E-state index contributed by atoms with van der Waals surface area (Å²) in [5.74, 6) is 0.900. The van der Waals surface area contributed by atoms with Gasteiger partial charge in [-0.05, 0) is 41.8 Å². The van der Waals surface area contributed by atoms with Gasteiger partial charge < -0.3 is 14.6 Å². The molecule has 0 bridgehead atoms. The van der Waals surface area contributed by atoms with E-state index in [2.05, 4.69) is 4.98 Å². The molecule has 4 rings (SSSR count). The number of H-pyrrole nitrogens is 1. The van der Waals surface area contributed by atoms with Crippen LogP contribution in [-0.4, -0.2) is 35.0 Å². The molecule has 3 heterocycles. The molecule has 24 heavy (non-hydrogen) atoms. The van der Waals surface area contributed by atoms with E-state index in [0.29, 0.717) is 23.8 Å². The number of rotatable bonds is 3. The van der Waals surface area contributed by atoms with Gasteiger partial charge in [-0.25, -0.2) is 0 Å². The standard InChI is InChI=1S/C18H17ClN2O2S/c19-12-1-3-13(4-2-12)23-14-5-8-21(9-6-14)18(22)16-11-17-15(20-16)7-10-24-17/h1-4,7,10-11,14,20H,5-6,8-9H2. The summed E-state index contributed by atoms with van der Waals surface area (Å²) in [6.45, 7) is 1.42. The van der Waals surface area contributed by atoms with Gasteiger partial charge in [0.05, 0.1) is 10.2 Å². The number of ether oxygens (including phenoxy) is 1. The van der Waals surface area contributed by atoms with Gasteiger partial charge in [-0.3, -0.25) is 4.79 Å². The van der Waals surface area contributed by atoms with Crippen LogP contribution in [0.1, 0.15) is 23.3 Å². The van der Waals surface area contributed by atoms with E-state index in [-0.39, 0.29) is 12.0 Å². The lowest BCUT2D eigenvalue weighted by atomic mass is 10.1. The fourth-order valence-electron chi connectivity index (χ4n) is 3.02. The Morgan fingerprint density at radius 2 is 1.96 bits per heavy atom. The number of piperidine rings is 1. The number of nitrogens with zero attached hydrogens (tertiary/aromatic N) is 1. The summed E-state index contributed by atoms with van der Waals surface area (Å²) in [4.78, 5) is 17.7. The number of carbonyl (C=O) groups is 1. The van der Waals surface area contributed by atoms with Crippen molar-refractivity contribution in [2.45, 2.75) is 18.9 Å². The van der Waals surface area contributed by atoms with Gasteiger partial charge in [0, 0.05) is 31.0 Å². The Hall–Kier alpha value is -1.98. The van der Waals surface area contributed by atoms with Crippen LogP contribution in [0, 0.1) is 0 Å². The molecule has 0 spiro atoms. The zero-order valence-corrected chi connectivity index (χ0v) is 14.6. The molecular weight excluding hydrogens is 344 g/mol. The van der Waals surface area contributed by atoms with Gasteiger partial charge in [0.1, 0.15) is 17.5 Å². The van der Waals surface area contributed by atoms with Crippen LogP contribution in [-0.2, 0) is 0 Å². The number of benzene rings is 1. The zero-order valence-electron chi connectivity index (χ0n) is 13.0. The summed E-state index contributed by atoms with van der Waals surface area (Å²) in [6.07, 6.45) is 1.81. The first-order chi connectivity index (χ1) is 11.7. The maximum atomic E-state index is 12.6. The van der Waals surface area contributed by atoms with Crippen molar-refractivity contribution in [3.63, 3.8) is 0 Å². The van der Waals surface area contributed by atoms with Gasteiger partial charge in [-0.15, -0.1) is 11.3 Å². The van der Waals surface area contributed by atoms with E-state index >= 15 is 0 Å². The molecule has 124 valence electrons. The molecule has 0 unspecified atom stereocenters. The van der Waals surface area contributed by atoms with Gasteiger partial charge >= 0.3 is 0 Å². The summed E-state index contributed by atoms with van der Waals surface area (Å²) >= 11 is 7.53. The van der Waals surface area contributed by atoms with Gasteiger partial charge in [0.25, 0.3) is 5.91 Å². The molecule has 6 heteroatoms. The van der Waals surface area contributed by atoms with Gasteiger partial charge in [-0.1, -0.05) is 11.6 Å². The first-order valence-corrected chi connectivity index (χ1v) is 9.22. The number of carbonyl (C=O) groups excluding carboxylic acids is 1. The number of aromatic amines is 1. The highest BCUT2D eigenvalue weighted by Crippen LogP contribution is 2.24. The predicted octanol–water partition coefficient (Wildman–Crippen LogP) is 4.57. The van der Waals surface area contributed by atoms with Crippen molar-refractivity contribution in [2.24, 2.45) is 0 Å².